The van der Waals surface area contributed by atoms with Crippen LogP contribution in [0.1, 0.15) is 283 Å². The van der Waals surface area contributed by atoms with Gasteiger partial charge in [0.15, 0.2) is 28.2 Å². The molecule has 0 saturated heterocycles. The Morgan fingerprint density at radius 2 is 0.776 bits per heavy atom. The van der Waals surface area contributed by atoms with Crippen molar-refractivity contribution >= 4 is 97.0 Å². The van der Waals surface area contributed by atoms with Crippen molar-refractivity contribution < 1.29 is 33.4 Å². The number of aromatic nitrogens is 15. The van der Waals surface area contributed by atoms with Crippen LogP contribution in [-0.4, -0.2) is 174 Å². The Morgan fingerprint density at radius 3 is 1.23 bits per heavy atom. The Bertz CT molecular complexity index is 6910. The minimum Gasteiger partial charge on any atom is -0.497 e. The van der Waals surface area contributed by atoms with Crippen LogP contribution in [0.5, 0.6) is 11.5 Å². The Kier molecular flexibility index (Phi) is 37.8. The van der Waals surface area contributed by atoms with Crippen molar-refractivity contribution in [3.8, 4) is 11.5 Å². The third-order valence-corrected chi connectivity index (χ3v) is 28.3. The zero-order valence-corrected chi connectivity index (χ0v) is 89.6. The number of hydrogen-bond donors (Lipinski definition) is 0. The van der Waals surface area contributed by atoms with Crippen LogP contribution in [0.15, 0.2) is 207 Å². The standard InChI is InChI=1S/C26H34N4O.C25H32N4O2.C25H32N4O.C22H28N4O2.C21H23ClN4O/c1-18(2)13-15-29(26(31)21-12-11-19(3)20(4)16-21)17-24-28-23-10-7-14-27-25(23)30(24)22-8-5-6-9-22;1-18(2)12-14-28(24(30)15-20-7-4-5-9-22(20)31-3)17-23-27-21-8-6-13-26-25(21)29(23)16-19-10-11-19;1-18(2)14-16-28(25(30)20-12-10-19(3)11-13-20)17-23-27-22-9-6-15-26-24(22)29(23)21-7-4-5-8-21;1-5-12-26-20(24-19-10-7-11-23-21(19)26)15-25(14-16(2)3)22(27)17-8-6-9-18(13-17)28-4;1-2-11-25(21(27)16-5-3-6-17(22)12-16)14-19-24-18-7-4-10-23-20(18)26(19)13-15-8-9-15/h7,10-12,14,16,18,22H,5-6,8-9,13,15,17H2,1-4H3;4-9,13,18-19H,10-12,14-17H2,1-3H3;6,9-13,15,18,21H,4-5,7-8,14,16-17H2,1-3H3;6-11,13,16H,5,12,14-15H2,1-4H3;3-7,10,12,15H,2,8-9,11,13-14H2,1H3. The molecule has 27 nitrogen and oxygen atoms in total. The molecule has 5 aromatic carbocycles. The van der Waals surface area contributed by atoms with E-state index in [2.05, 4.69) is 131 Å². The van der Waals surface area contributed by atoms with Crippen molar-refractivity contribution in [2.24, 2.45) is 35.5 Å². The van der Waals surface area contributed by atoms with Crippen LogP contribution in [0, 0.1) is 56.3 Å². The monoisotopic (exact) mass is 2010 g/mol. The van der Waals surface area contributed by atoms with Crippen molar-refractivity contribution in [2.45, 2.75) is 270 Å². The van der Waals surface area contributed by atoms with Crippen molar-refractivity contribution in [3.05, 3.63) is 286 Å². The van der Waals surface area contributed by atoms with E-state index in [1.165, 1.54) is 56.9 Å². The van der Waals surface area contributed by atoms with Gasteiger partial charge in [0, 0.05) is 128 Å². The summed E-state index contributed by atoms with van der Waals surface area (Å²) in [5.74, 6) is 9.61. The molecule has 19 rings (SSSR count). The molecule has 0 bridgehead atoms. The molecule has 10 aromatic heterocycles. The van der Waals surface area contributed by atoms with Gasteiger partial charge >= 0.3 is 0 Å². The summed E-state index contributed by atoms with van der Waals surface area (Å²) in [6.07, 6.45) is 28.8. The van der Waals surface area contributed by atoms with Crippen molar-refractivity contribution in [1.82, 2.24) is 97.2 Å². The number of benzene rings is 5. The molecule has 147 heavy (non-hydrogen) atoms. The van der Waals surface area contributed by atoms with E-state index in [9.17, 15) is 24.0 Å². The van der Waals surface area contributed by atoms with E-state index in [1.54, 1.807) is 44.8 Å². The number of amides is 5. The van der Waals surface area contributed by atoms with Crippen LogP contribution in [0.2, 0.25) is 5.02 Å². The molecule has 0 aliphatic heterocycles. The van der Waals surface area contributed by atoms with Crippen LogP contribution < -0.4 is 9.47 Å². The molecule has 4 fully saturated rings. The molecule has 5 amide bonds. The predicted molar refractivity (Wildman–Crippen MR) is 585 cm³/mol. The quantitative estimate of drug-likeness (QED) is 0.0346. The van der Waals surface area contributed by atoms with E-state index in [0.717, 1.165) is 209 Å². The molecule has 0 atom stereocenters. The second kappa shape index (κ2) is 51.7. The number of para-hydroxylation sites is 1. The Hall–Kier alpha value is -13.6. The molecule has 10 heterocycles. The van der Waals surface area contributed by atoms with Crippen molar-refractivity contribution in [1.29, 1.82) is 0 Å². The van der Waals surface area contributed by atoms with Gasteiger partial charge in [0.05, 0.1) is 53.4 Å². The van der Waals surface area contributed by atoms with E-state index in [-0.39, 0.29) is 29.5 Å². The van der Waals surface area contributed by atoms with Gasteiger partial charge in [-0.15, -0.1) is 0 Å². The number of halogens is 1. The summed E-state index contributed by atoms with van der Waals surface area (Å²) in [5.41, 5.74) is 16.3. The number of ether oxygens (including phenoxy) is 2. The molecule has 0 N–H and O–H groups in total. The van der Waals surface area contributed by atoms with Gasteiger partial charge in [-0.2, -0.15) is 0 Å². The van der Waals surface area contributed by atoms with Crippen molar-refractivity contribution in [3.63, 3.8) is 0 Å². The summed E-state index contributed by atoms with van der Waals surface area (Å²) < 4.78 is 21.9. The molecule has 15 aromatic rings. The van der Waals surface area contributed by atoms with Crippen LogP contribution >= 0.6 is 11.6 Å². The van der Waals surface area contributed by atoms with Gasteiger partial charge < -0.3 is 56.8 Å². The molecule has 0 unspecified atom stereocenters. The highest BCUT2D eigenvalue weighted by Gasteiger charge is 2.34. The van der Waals surface area contributed by atoms with Gasteiger partial charge in [-0.1, -0.05) is 161 Å². The highest BCUT2D eigenvalue weighted by molar-refractivity contribution is 6.31. The fourth-order valence-electron chi connectivity index (χ4n) is 19.5. The van der Waals surface area contributed by atoms with E-state index in [1.807, 2.05) is 208 Å². The number of methoxy groups -OCH3 is 2. The molecule has 28 heteroatoms. The van der Waals surface area contributed by atoms with Gasteiger partial charge in [0.25, 0.3) is 23.6 Å². The number of pyridine rings is 5. The Balaban J connectivity index is 0.000000138. The molecule has 0 radical (unpaired) electrons. The van der Waals surface area contributed by atoms with Crippen LogP contribution in [0.3, 0.4) is 0 Å². The first-order valence-electron chi connectivity index (χ1n) is 53.3. The minimum atomic E-state index is -0.0179. The molecular weight excluding hydrogens is 1860 g/mol. The lowest BCUT2D eigenvalue weighted by molar-refractivity contribution is -0.131. The lowest BCUT2D eigenvalue weighted by atomic mass is 10.0. The van der Waals surface area contributed by atoms with Gasteiger partial charge in [0.1, 0.15) is 68.2 Å². The number of hydrogen-bond acceptors (Lipinski definition) is 17. The summed E-state index contributed by atoms with van der Waals surface area (Å²) >= 11 is 6.08. The highest BCUT2D eigenvalue weighted by atomic mass is 35.5. The molecular formula is C119H149ClN20O7. The largest absolute Gasteiger partial charge is 0.497 e. The number of fused-ring (bicyclic) bond motifs is 5. The number of aryl methyl sites for hydroxylation is 4. The molecule has 4 saturated carbocycles. The maximum atomic E-state index is 13.5. The first-order valence-corrected chi connectivity index (χ1v) is 53.7. The first kappa shape index (κ1) is 108. The zero-order chi connectivity index (χ0) is 104. The predicted octanol–water partition coefficient (Wildman–Crippen LogP) is 24.6. The van der Waals surface area contributed by atoms with E-state index in [0.29, 0.717) is 128 Å². The van der Waals surface area contributed by atoms with Crippen LogP contribution in [0.4, 0.5) is 0 Å². The normalized spacial score (nSPS) is 13.6. The minimum absolute atomic E-state index is 0.0164. The molecule has 4 aliphatic carbocycles. The molecule has 774 valence electrons. The summed E-state index contributed by atoms with van der Waals surface area (Å²) in [4.78, 5) is 123. The third-order valence-electron chi connectivity index (χ3n) is 28.0. The number of rotatable bonds is 39. The average molecular weight is 2010 g/mol. The SMILES string of the molecule is CCCN(Cc1nc2cccnc2n1CC1CC1)C(=O)c1cccc(Cl)c1.CCCn1c(CN(CC(C)C)C(=O)c2cccc(OC)c2)nc2cccnc21.COc1ccccc1CC(=O)N(CCC(C)C)Cc1nc2cccnc2n1CC1CC1.Cc1ccc(C(=O)N(CCC(C)C)Cc2nc3cccnc3n2C2CCCC2)cc1.Cc1ccc(C(=O)N(CCC(C)C)Cc2nc3cccnc3n2C2CCCC2)cc1C. The second-order valence-corrected chi connectivity index (χ2v) is 42.2. The fraction of sp³-hybridized carbons (Fsp3) is 0.454. The number of carbonyl (C=O) groups is 5. The van der Waals surface area contributed by atoms with Crippen LogP contribution in [0.25, 0.3) is 55.8 Å². The first-order chi connectivity index (χ1) is 71.2. The summed E-state index contributed by atoms with van der Waals surface area (Å²) in [6, 6.07) is 56.5. The second-order valence-electron chi connectivity index (χ2n) is 41.8. The van der Waals surface area contributed by atoms with E-state index in [4.69, 9.17) is 46.0 Å². The Morgan fingerprint density at radius 1 is 0.374 bits per heavy atom. The van der Waals surface area contributed by atoms with Gasteiger partial charge in [-0.3, -0.25) is 24.0 Å². The average Bonchev–Trinajstić information content (AvgIpc) is 1.68. The fourth-order valence-corrected chi connectivity index (χ4v) is 19.7. The maximum Gasteiger partial charge on any atom is 0.254 e. The summed E-state index contributed by atoms with van der Waals surface area (Å²) in [6.45, 7) is 36.5. The number of imidazole rings is 5. The molecule has 4 aliphatic rings. The van der Waals surface area contributed by atoms with Gasteiger partial charge in [-0.05, 0) is 278 Å². The van der Waals surface area contributed by atoms with Gasteiger partial charge in [-0.25, -0.2) is 49.8 Å². The van der Waals surface area contributed by atoms with E-state index >= 15 is 0 Å². The van der Waals surface area contributed by atoms with Crippen LogP contribution in [-0.2, 0) is 63.6 Å². The molecule has 0 spiro atoms. The summed E-state index contributed by atoms with van der Waals surface area (Å²) in [7, 11) is 3.25. The Labute approximate surface area is 871 Å². The lowest BCUT2D eigenvalue weighted by Gasteiger charge is -2.25. The third kappa shape index (κ3) is 28.7. The highest BCUT2D eigenvalue weighted by Crippen LogP contribution is 2.39. The van der Waals surface area contributed by atoms with Crippen molar-refractivity contribution in [2.75, 3.05) is 46.9 Å². The maximum absolute atomic E-state index is 13.5. The zero-order valence-electron chi connectivity index (χ0n) is 88.8. The number of nitrogens with zero attached hydrogens (tertiary/aromatic N) is 20. The lowest BCUT2D eigenvalue weighted by Crippen LogP contribution is -2.34. The van der Waals surface area contributed by atoms with E-state index < -0.39 is 0 Å². The van der Waals surface area contributed by atoms with Gasteiger partial charge in [0.2, 0.25) is 5.91 Å². The smallest absolute Gasteiger partial charge is 0.254 e. The number of carbonyl (C=O) groups excluding carboxylic acids is 5. The topological polar surface area (TPSA) is 274 Å². The summed E-state index contributed by atoms with van der Waals surface area (Å²) in [5, 5.41) is 0.572.